The van der Waals surface area contributed by atoms with Gasteiger partial charge in [-0.15, -0.1) is 0 Å². The van der Waals surface area contributed by atoms with Gasteiger partial charge in [0, 0.05) is 32.1 Å². The molecule has 1 heterocycles. The summed E-state index contributed by atoms with van der Waals surface area (Å²) in [6, 6.07) is 0. The van der Waals surface area contributed by atoms with Crippen LogP contribution in [0, 0.1) is 11.8 Å². The molecule has 0 aromatic heterocycles. The van der Waals surface area contributed by atoms with Gasteiger partial charge in [0.2, 0.25) is 5.91 Å². The molecule has 0 atom stereocenters. The second-order valence-corrected chi connectivity index (χ2v) is 7.75. The molecule has 2 fully saturated rings. The molecule has 2 aliphatic rings. The smallest absolute Gasteiger partial charge is 0.410 e. The molecule has 5 nitrogen and oxygen atoms in total. The first-order chi connectivity index (χ1) is 10.3. The van der Waals surface area contributed by atoms with E-state index in [9.17, 15) is 9.59 Å². The molecule has 1 saturated heterocycles. The third-order valence-corrected chi connectivity index (χ3v) is 4.61. The van der Waals surface area contributed by atoms with E-state index in [4.69, 9.17) is 4.74 Å². The van der Waals surface area contributed by atoms with E-state index in [1.54, 1.807) is 4.90 Å². The van der Waals surface area contributed by atoms with Crippen LogP contribution in [0.3, 0.4) is 0 Å². The Labute approximate surface area is 134 Å². The SMILES string of the molecule is CC(C)(C)OC(=O)N1CCN(C(=O)[C@H]2CC[C@H](C)CC2)CC1. The maximum absolute atomic E-state index is 12.6. The summed E-state index contributed by atoms with van der Waals surface area (Å²) in [7, 11) is 0. The van der Waals surface area contributed by atoms with Gasteiger partial charge in [0.05, 0.1) is 0 Å². The molecule has 0 aromatic rings. The van der Waals surface area contributed by atoms with Crippen LogP contribution in [0.2, 0.25) is 0 Å². The summed E-state index contributed by atoms with van der Waals surface area (Å²) in [5.74, 6) is 1.24. The Hall–Kier alpha value is -1.26. The van der Waals surface area contributed by atoms with E-state index in [0.29, 0.717) is 26.2 Å². The van der Waals surface area contributed by atoms with Gasteiger partial charge in [-0.2, -0.15) is 0 Å². The fourth-order valence-electron chi connectivity index (χ4n) is 3.20. The molecule has 0 unspecified atom stereocenters. The fraction of sp³-hybridized carbons (Fsp3) is 0.882. The normalized spacial score (nSPS) is 26.7. The first kappa shape index (κ1) is 17.1. The van der Waals surface area contributed by atoms with Crippen LogP contribution >= 0.6 is 0 Å². The molecule has 1 saturated carbocycles. The number of hydrogen-bond donors (Lipinski definition) is 0. The van der Waals surface area contributed by atoms with E-state index < -0.39 is 5.60 Å². The van der Waals surface area contributed by atoms with Crippen LogP contribution in [-0.4, -0.2) is 53.6 Å². The van der Waals surface area contributed by atoms with Gasteiger partial charge in [0.15, 0.2) is 0 Å². The maximum Gasteiger partial charge on any atom is 0.410 e. The van der Waals surface area contributed by atoms with Crippen molar-refractivity contribution < 1.29 is 14.3 Å². The minimum atomic E-state index is -0.469. The predicted molar refractivity (Wildman–Crippen MR) is 85.5 cm³/mol. The molecule has 5 heteroatoms. The first-order valence-electron chi connectivity index (χ1n) is 8.53. The lowest BCUT2D eigenvalue weighted by Gasteiger charge is -2.38. The van der Waals surface area contributed by atoms with Gasteiger partial charge in [-0.3, -0.25) is 4.79 Å². The van der Waals surface area contributed by atoms with E-state index >= 15 is 0 Å². The molecule has 0 spiro atoms. The largest absolute Gasteiger partial charge is 0.444 e. The van der Waals surface area contributed by atoms with Gasteiger partial charge < -0.3 is 14.5 Å². The quantitative estimate of drug-likeness (QED) is 0.748. The number of rotatable bonds is 1. The second-order valence-electron chi connectivity index (χ2n) is 7.75. The Bertz CT molecular complexity index is 401. The van der Waals surface area contributed by atoms with Gasteiger partial charge in [0.25, 0.3) is 0 Å². The monoisotopic (exact) mass is 310 g/mol. The van der Waals surface area contributed by atoms with Gasteiger partial charge in [0.1, 0.15) is 5.60 Å². The standard InChI is InChI=1S/C17H30N2O3/c1-13-5-7-14(8-6-13)15(20)18-9-11-19(12-10-18)16(21)22-17(2,3)4/h13-14H,5-12H2,1-4H3/t13-,14-. The summed E-state index contributed by atoms with van der Waals surface area (Å²) in [6.07, 6.45) is 4.09. The molecule has 0 aromatic carbocycles. The van der Waals surface area contributed by atoms with Crippen LogP contribution < -0.4 is 0 Å². The summed E-state index contributed by atoms with van der Waals surface area (Å²) in [6.45, 7) is 10.3. The highest BCUT2D eigenvalue weighted by molar-refractivity contribution is 5.79. The Kier molecular flexibility index (Phi) is 5.35. The maximum atomic E-state index is 12.6. The van der Waals surface area contributed by atoms with Crippen LogP contribution in [0.15, 0.2) is 0 Å². The molecule has 0 N–H and O–H groups in total. The first-order valence-corrected chi connectivity index (χ1v) is 8.53. The highest BCUT2D eigenvalue weighted by atomic mass is 16.6. The molecule has 1 aliphatic carbocycles. The molecule has 22 heavy (non-hydrogen) atoms. The van der Waals surface area contributed by atoms with E-state index in [1.807, 2.05) is 25.7 Å². The number of carbonyl (C=O) groups excluding carboxylic acids is 2. The van der Waals surface area contributed by atoms with Crippen molar-refractivity contribution in [2.24, 2.45) is 11.8 Å². The van der Waals surface area contributed by atoms with Crippen molar-refractivity contribution in [1.29, 1.82) is 0 Å². The Morgan fingerprint density at radius 3 is 1.91 bits per heavy atom. The zero-order valence-electron chi connectivity index (χ0n) is 14.4. The van der Waals surface area contributed by atoms with Crippen LogP contribution in [0.4, 0.5) is 4.79 Å². The van der Waals surface area contributed by atoms with Crippen LogP contribution in [-0.2, 0) is 9.53 Å². The average Bonchev–Trinajstić information content (AvgIpc) is 2.46. The van der Waals surface area contributed by atoms with E-state index in [2.05, 4.69) is 6.92 Å². The van der Waals surface area contributed by atoms with Crippen molar-refractivity contribution in [1.82, 2.24) is 9.80 Å². The highest BCUT2D eigenvalue weighted by Gasteiger charge is 2.32. The van der Waals surface area contributed by atoms with Crippen molar-refractivity contribution in [2.45, 2.75) is 59.0 Å². The lowest BCUT2D eigenvalue weighted by molar-refractivity contribution is -0.138. The minimum absolute atomic E-state index is 0.198. The fourth-order valence-corrected chi connectivity index (χ4v) is 3.20. The summed E-state index contributed by atoms with van der Waals surface area (Å²) in [4.78, 5) is 28.2. The summed E-state index contributed by atoms with van der Waals surface area (Å²) < 4.78 is 5.38. The molecule has 2 amide bonds. The highest BCUT2D eigenvalue weighted by Crippen LogP contribution is 2.29. The number of nitrogens with zero attached hydrogens (tertiary/aromatic N) is 2. The van der Waals surface area contributed by atoms with Crippen molar-refractivity contribution in [3.63, 3.8) is 0 Å². The average molecular weight is 310 g/mol. The molecule has 1 aliphatic heterocycles. The van der Waals surface area contributed by atoms with Gasteiger partial charge in [-0.05, 0) is 52.4 Å². The molecule has 126 valence electrons. The summed E-state index contributed by atoms with van der Waals surface area (Å²) in [5.41, 5.74) is -0.469. The van der Waals surface area contributed by atoms with Crippen molar-refractivity contribution in [2.75, 3.05) is 26.2 Å². The second kappa shape index (κ2) is 6.88. The topological polar surface area (TPSA) is 49.9 Å². The molecule has 0 radical (unpaired) electrons. The molecule has 2 rings (SSSR count). The van der Waals surface area contributed by atoms with Gasteiger partial charge in [-0.25, -0.2) is 4.79 Å². The van der Waals surface area contributed by atoms with Crippen LogP contribution in [0.25, 0.3) is 0 Å². The lowest BCUT2D eigenvalue weighted by atomic mass is 9.82. The van der Waals surface area contributed by atoms with Crippen LogP contribution in [0.5, 0.6) is 0 Å². The van der Waals surface area contributed by atoms with Crippen LogP contribution in [0.1, 0.15) is 53.4 Å². The predicted octanol–water partition coefficient (Wildman–Crippen LogP) is 2.89. The van der Waals surface area contributed by atoms with E-state index in [1.165, 1.54) is 0 Å². The zero-order chi connectivity index (χ0) is 16.3. The number of amides is 2. The van der Waals surface area contributed by atoms with Crippen molar-refractivity contribution >= 4 is 12.0 Å². The Balaban J connectivity index is 1.79. The van der Waals surface area contributed by atoms with Crippen molar-refractivity contribution in [3.8, 4) is 0 Å². The number of ether oxygens (including phenoxy) is 1. The lowest BCUT2D eigenvalue weighted by Crippen LogP contribution is -2.53. The molecule has 0 bridgehead atoms. The summed E-state index contributed by atoms with van der Waals surface area (Å²) >= 11 is 0. The zero-order valence-corrected chi connectivity index (χ0v) is 14.4. The van der Waals surface area contributed by atoms with E-state index in [0.717, 1.165) is 31.6 Å². The Morgan fingerprint density at radius 2 is 1.41 bits per heavy atom. The van der Waals surface area contributed by atoms with Gasteiger partial charge in [-0.1, -0.05) is 6.92 Å². The third kappa shape index (κ3) is 4.62. The van der Waals surface area contributed by atoms with Gasteiger partial charge >= 0.3 is 6.09 Å². The number of hydrogen-bond acceptors (Lipinski definition) is 3. The van der Waals surface area contributed by atoms with Crippen molar-refractivity contribution in [3.05, 3.63) is 0 Å². The minimum Gasteiger partial charge on any atom is -0.444 e. The number of carbonyl (C=O) groups is 2. The summed E-state index contributed by atoms with van der Waals surface area (Å²) in [5, 5.41) is 0. The third-order valence-electron chi connectivity index (χ3n) is 4.61. The van der Waals surface area contributed by atoms with E-state index in [-0.39, 0.29) is 17.9 Å². The molecular weight excluding hydrogens is 280 g/mol. The number of piperazine rings is 1. The Morgan fingerprint density at radius 1 is 0.909 bits per heavy atom. The molecular formula is C17H30N2O3.